The minimum Gasteiger partial charge on any atom is -0.374 e. The fraction of sp³-hybridized carbons (Fsp3) is 0.538. The molecule has 2 rings (SSSR count). The highest BCUT2D eigenvalue weighted by Gasteiger charge is 2.28. The molecule has 0 amide bonds. The minimum atomic E-state index is 0.443. The lowest BCUT2D eigenvalue weighted by Gasteiger charge is -2.34. The SMILES string of the molecule is Cc1ccccc1COC1CC(CN)C1. The van der Waals surface area contributed by atoms with Crippen LogP contribution in [0.2, 0.25) is 0 Å². The third-order valence-corrected chi connectivity index (χ3v) is 3.26. The monoisotopic (exact) mass is 205 g/mol. The standard InChI is InChI=1S/C13H19NO/c1-10-4-2-3-5-12(10)9-15-13-6-11(7-13)8-14/h2-5,11,13H,6-9,14H2,1H3. The molecule has 1 aliphatic rings. The van der Waals surface area contributed by atoms with Gasteiger partial charge in [-0.25, -0.2) is 0 Å². The van der Waals surface area contributed by atoms with Crippen molar-refractivity contribution in [2.75, 3.05) is 6.54 Å². The van der Waals surface area contributed by atoms with Gasteiger partial charge in [0.1, 0.15) is 0 Å². The average molecular weight is 205 g/mol. The van der Waals surface area contributed by atoms with Crippen molar-refractivity contribution >= 4 is 0 Å². The second kappa shape index (κ2) is 4.77. The molecular formula is C13H19NO. The molecule has 15 heavy (non-hydrogen) atoms. The number of rotatable bonds is 4. The van der Waals surface area contributed by atoms with Gasteiger partial charge in [-0.3, -0.25) is 0 Å². The van der Waals surface area contributed by atoms with Crippen molar-refractivity contribution in [3.63, 3.8) is 0 Å². The van der Waals surface area contributed by atoms with Gasteiger partial charge in [0.25, 0.3) is 0 Å². The van der Waals surface area contributed by atoms with E-state index in [9.17, 15) is 0 Å². The van der Waals surface area contributed by atoms with Crippen molar-refractivity contribution in [3.05, 3.63) is 35.4 Å². The minimum absolute atomic E-state index is 0.443. The van der Waals surface area contributed by atoms with Crippen LogP contribution in [0, 0.1) is 12.8 Å². The first-order valence-corrected chi connectivity index (χ1v) is 5.65. The van der Waals surface area contributed by atoms with E-state index in [1.165, 1.54) is 11.1 Å². The van der Waals surface area contributed by atoms with E-state index in [4.69, 9.17) is 10.5 Å². The van der Waals surface area contributed by atoms with Crippen LogP contribution in [0.1, 0.15) is 24.0 Å². The molecule has 0 aliphatic heterocycles. The zero-order valence-corrected chi connectivity index (χ0v) is 9.28. The van der Waals surface area contributed by atoms with E-state index in [0.29, 0.717) is 12.0 Å². The number of aryl methyl sites for hydroxylation is 1. The van der Waals surface area contributed by atoms with Crippen molar-refractivity contribution in [2.45, 2.75) is 32.5 Å². The first-order chi connectivity index (χ1) is 7.29. The predicted octanol–water partition coefficient (Wildman–Crippen LogP) is 2.25. The van der Waals surface area contributed by atoms with E-state index < -0.39 is 0 Å². The summed E-state index contributed by atoms with van der Waals surface area (Å²) in [4.78, 5) is 0. The van der Waals surface area contributed by atoms with Crippen molar-refractivity contribution in [2.24, 2.45) is 11.7 Å². The Labute approximate surface area is 91.4 Å². The van der Waals surface area contributed by atoms with Gasteiger partial charge in [0.2, 0.25) is 0 Å². The van der Waals surface area contributed by atoms with Crippen LogP contribution < -0.4 is 5.73 Å². The van der Waals surface area contributed by atoms with E-state index in [-0.39, 0.29) is 0 Å². The zero-order chi connectivity index (χ0) is 10.7. The molecule has 82 valence electrons. The summed E-state index contributed by atoms with van der Waals surface area (Å²) < 4.78 is 5.82. The van der Waals surface area contributed by atoms with Crippen molar-refractivity contribution in [1.82, 2.24) is 0 Å². The fourth-order valence-corrected chi connectivity index (χ4v) is 1.98. The highest BCUT2D eigenvalue weighted by Crippen LogP contribution is 2.29. The largest absolute Gasteiger partial charge is 0.374 e. The molecule has 0 heterocycles. The summed E-state index contributed by atoms with van der Waals surface area (Å²) in [6, 6.07) is 8.39. The molecule has 0 radical (unpaired) electrons. The lowest BCUT2D eigenvalue weighted by Crippen LogP contribution is -2.35. The topological polar surface area (TPSA) is 35.2 Å². The second-order valence-electron chi connectivity index (χ2n) is 4.43. The van der Waals surface area contributed by atoms with E-state index in [2.05, 4.69) is 31.2 Å². The molecule has 1 fully saturated rings. The van der Waals surface area contributed by atoms with Gasteiger partial charge in [0.05, 0.1) is 12.7 Å². The van der Waals surface area contributed by atoms with Gasteiger partial charge < -0.3 is 10.5 Å². The molecule has 0 unspecified atom stereocenters. The van der Waals surface area contributed by atoms with E-state index in [0.717, 1.165) is 26.0 Å². The molecular weight excluding hydrogens is 186 g/mol. The molecule has 2 N–H and O–H groups in total. The van der Waals surface area contributed by atoms with Crippen molar-refractivity contribution < 1.29 is 4.74 Å². The smallest absolute Gasteiger partial charge is 0.0723 e. The Bertz CT molecular complexity index is 318. The van der Waals surface area contributed by atoms with Gasteiger partial charge in [-0.15, -0.1) is 0 Å². The lowest BCUT2D eigenvalue weighted by molar-refractivity contribution is -0.0377. The van der Waals surface area contributed by atoms with Crippen molar-refractivity contribution in [1.29, 1.82) is 0 Å². The van der Waals surface area contributed by atoms with Crippen LogP contribution >= 0.6 is 0 Å². The summed E-state index contributed by atoms with van der Waals surface area (Å²) >= 11 is 0. The first-order valence-electron chi connectivity index (χ1n) is 5.65. The maximum atomic E-state index is 5.82. The Morgan fingerprint density at radius 1 is 1.33 bits per heavy atom. The van der Waals surface area contributed by atoms with Crippen LogP contribution in [-0.4, -0.2) is 12.6 Å². The van der Waals surface area contributed by atoms with Crippen LogP contribution in [0.25, 0.3) is 0 Å². The molecule has 0 bridgehead atoms. The number of benzene rings is 1. The number of ether oxygens (including phenoxy) is 1. The molecule has 1 aromatic rings. The van der Waals surface area contributed by atoms with Gasteiger partial charge in [0.15, 0.2) is 0 Å². The highest BCUT2D eigenvalue weighted by molar-refractivity contribution is 5.24. The van der Waals surface area contributed by atoms with Crippen molar-refractivity contribution in [3.8, 4) is 0 Å². The summed E-state index contributed by atoms with van der Waals surface area (Å²) in [5.41, 5.74) is 8.18. The highest BCUT2D eigenvalue weighted by atomic mass is 16.5. The molecule has 2 nitrogen and oxygen atoms in total. The summed E-state index contributed by atoms with van der Waals surface area (Å²) in [6.45, 7) is 3.68. The van der Waals surface area contributed by atoms with Gasteiger partial charge >= 0.3 is 0 Å². The Kier molecular flexibility index (Phi) is 3.39. The Hall–Kier alpha value is -0.860. The second-order valence-corrected chi connectivity index (χ2v) is 4.43. The summed E-state index contributed by atoms with van der Waals surface area (Å²) in [5.74, 6) is 0.701. The van der Waals surface area contributed by atoms with Crippen LogP contribution in [0.3, 0.4) is 0 Å². The Balaban J connectivity index is 1.77. The molecule has 0 spiro atoms. The molecule has 0 saturated heterocycles. The van der Waals surface area contributed by atoms with Crippen LogP contribution in [0.15, 0.2) is 24.3 Å². The summed E-state index contributed by atoms with van der Waals surface area (Å²) in [6.07, 6.45) is 2.73. The van der Waals surface area contributed by atoms with Crippen LogP contribution in [-0.2, 0) is 11.3 Å². The lowest BCUT2D eigenvalue weighted by atomic mass is 9.82. The number of hydrogen-bond donors (Lipinski definition) is 1. The van der Waals surface area contributed by atoms with E-state index >= 15 is 0 Å². The predicted molar refractivity (Wildman–Crippen MR) is 61.5 cm³/mol. The fourth-order valence-electron chi connectivity index (χ4n) is 1.98. The molecule has 0 atom stereocenters. The van der Waals surface area contributed by atoms with E-state index in [1.54, 1.807) is 0 Å². The van der Waals surface area contributed by atoms with Gasteiger partial charge in [-0.1, -0.05) is 24.3 Å². The quantitative estimate of drug-likeness (QED) is 0.818. The third kappa shape index (κ3) is 2.58. The number of hydrogen-bond acceptors (Lipinski definition) is 2. The number of nitrogens with two attached hydrogens (primary N) is 1. The van der Waals surface area contributed by atoms with E-state index in [1.807, 2.05) is 0 Å². The summed E-state index contributed by atoms with van der Waals surface area (Å²) in [7, 11) is 0. The molecule has 2 heteroatoms. The molecule has 1 aromatic carbocycles. The van der Waals surface area contributed by atoms with Gasteiger partial charge in [0, 0.05) is 0 Å². The van der Waals surface area contributed by atoms with Crippen LogP contribution in [0.5, 0.6) is 0 Å². The van der Waals surface area contributed by atoms with Crippen LogP contribution in [0.4, 0.5) is 0 Å². The molecule has 1 saturated carbocycles. The van der Waals surface area contributed by atoms with Gasteiger partial charge in [-0.05, 0) is 43.4 Å². The van der Waals surface area contributed by atoms with Gasteiger partial charge in [-0.2, -0.15) is 0 Å². The molecule has 1 aliphatic carbocycles. The maximum absolute atomic E-state index is 5.82. The molecule has 0 aromatic heterocycles. The third-order valence-electron chi connectivity index (χ3n) is 3.26. The summed E-state index contributed by atoms with van der Waals surface area (Å²) in [5, 5.41) is 0. The maximum Gasteiger partial charge on any atom is 0.0723 e. The Morgan fingerprint density at radius 2 is 2.07 bits per heavy atom. The zero-order valence-electron chi connectivity index (χ0n) is 9.28. The first kappa shape index (κ1) is 10.7. The average Bonchev–Trinajstić information content (AvgIpc) is 2.18. The normalized spacial score (nSPS) is 24.9. The Morgan fingerprint density at radius 3 is 2.73 bits per heavy atom.